The van der Waals surface area contributed by atoms with E-state index in [1.165, 1.54) is 5.56 Å². The molecule has 0 atom stereocenters. The molecular weight excluding hydrogens is 174 g/mol. The van der Waals surface area contributed by atoms with E-state index < -0.39 is 0 Å². The first-order valence-electron chi connectivity index (χ1n) is 4.60. The summed E-state index contributed by atoms with van der Waals surface area (Å²) in [4.78, 5) is 0. The summed E-state index contributed by atoms with van der Waals surface area (Å²) >= 11 is 0. The van der Waals surface area contributed by atoms with E-state index in [1.807, 2.05) is 44.2 Å². The number of rotatable bonds is 1. The summed E-state index contributed by atoms with van der Waals surface area (Å²) in [6, 6.07) is 9.73. The van der Waals surface area contributed by atoms with Gasteiger partial charge in [-0.05, 0) is 49.7 Å². The van der Waals surface area contributed by atoms with Crippen molar-refractivity contribution in [1.29, 1.82) is 0 Å². The Morgan fingerprint density at radius 2 is 1.71 bits per heavy atom. The van der Waals surface area contributed by atoms with E-state index in [-0.39, 0.29) is 0 Å². The van der Waals surface area contributed by atoms with Crippen molar-refractivity contribution in [2.75, 3.05) is 5.73 Å². The SMILES string of the molecule is Cc1cc(-c2ccc(N)cc2)oc1C. The van der Waals surface area contributed by atoms with Crippen molar-refractivity contribution in [3.8, 4) is 11.3 Å². The van der Waals surface area contributed by atoms with Gasteiger partial charge in [-0.1, -0.05) is 0 Å². The molecule has 2 nitrogen and oxygen atoms in total. The lowest BCUT2D eigenvalue weighted by atomic mass is 10.1. The minimum Gasteiger partial charge on any atom is -0.461 e. The summed E-state index contributed by atoms with van der Waals surface area (Å²) in [5.74, 6) is 1.87. The Morgan fingerprint density at radius 1 is 1.07 bits per heavy atom. The zero-order valence-electron chi connectivity index (χ0n) is 8.37. The summed E-state index contributed by atoms with van der Waals surface area (Å²) in [7, 11) is 0. The van der Waals surface area contributed by atoms with Crippen LogP contribution in [0.3, 0.4) is 0 Å². The van der Waals surface area contributed by atoms with Crippen molar-refractivity contribution >= 4 is 5.69 Å². The predicted octanol–water partition coefficient (Wildman–Crippen LogP) is 3.15. The molecule has 0 saturated heterocycles. The highest BCUT2D eigenvalue weighted by Gasteiger charge is 2.05. The van der Waals surface area contributed by atoms with E-state index in [2.05, 4.69) is 0 Å². The van der Waals surface area contributed by atoms with Crippen molar-refractivity contribution < 1.29 is 4.42 Å². The zero-order chi connectivity index (χ0) is 10.1. The Morgan fingerprint density at radius 3 is 2.21 bits per heavy atom. The quantitative estimate of drug-likeness (QED) is 0.696. The third kappa shape index (κ3) is 1.51. The van der Waals surface area contributed by atoms with Gasteiger partial charge in [-0.25, -0.2) is 0 Å². The predicted molar refractivity (Wildman–Crippen MR) is 58.0 cm³/mol. The molecule has 0 aliphatic rings. The first-order valence-corrected chi connectivity index (χ1v) is 4.60. The van der Waals surface area contributed by atoms with E-state index in [9.17, 15) is 0 Å². The smallest absolute Gasteiger partial charge is 0.134 e. The van der Waals surface area contributed by atoms with E-state index in [4.69, 9.17) is 10.2 Å². The second kappa shape index (κ2) is 3.22. The molecule has 0 amide bonds. The fourth-order valence-electron chi connectivity index (χ4n) is 1.36. The number of benzene rings is 1. The van der Waals surface area contributed by atoms with Crippen LogP contribution in [0.15, 0.2) is 34.7 Å². The molecule has 0 aliphatic heterocycles. The number of hydrogen-bond donors (Lipinski definition) is 1. The van der Waals surface area contributed by atoms with Crippen molar-refractivity contribution in [2.24, 2.45) is 0 Å². The molecule has 0 radical (unpaired) electrons. The first-order chi connectivity index (χ1) is 6.66. The summed E-state index contributed by atoms with van der Waals surface area (Å²) in [5.41, 5.74) is 8.62. The summed E-state index contributed by atoms with van der Waals surface area (Å²) < 4.78 is 5.60. The summed E-state index contributed by atoms with van der Waals surface area (Å²) in [5, 5.41) is 0. The molecule has 0 fully saturated rings. The largest absolute Gasteiger partial charge is 0.461 e. The number of furan rings is 1. The van der Waals surface area contributed by atoms with Gasteiger partial charge in [0, 0.05) is 11.3 Å². The molecule has 1 aromatic heterocycles. The van der Waals surface area contributed by atoms with Crippen molar-refractivity contribution in [1.82, 2.24) is 0 Å². The third-order valence-electron chi connectivity index (χ3n) is 2.36. The van der Waals surface area contributed by atoms with E-state index >= 15 is 0 Å². The maximum Gasteiger partial charge on any atom is 0.134 e. The average Bonchev–Trinajstić information content (AvgIpc) is 2.48. The van der Waals surface area contributed by atoms with Crippen LogP contribution in [-0.4, -0.2) is 0 Å². The van der Waals surface area contributed by atoms with Gasteiger partial charge in [0.2, 0.25) is 0 Å². The van der Waals surface area contributed by atoms with Crippen molar-refractivity contribution in [3.05, 3.63) is 41.7 Å². The number of nitrogens with two attached hydrogens (primary N) is 1. The Labute approximate surface area is 83.4 Å². The molecule has 72 valence electrons. The summed E-state index contributed by atoms with van der Waals surface area (Å²) in [6.07, 6.45) is 0. The first kappa shape index (κ1) is 8.88. The molecule has 2 aromatic rings. The number of nitrogen functional groups attached to an aromatic ring is 1. The lowest BCUT2D eigenvalue weighted by Crippen LogP contribution is -1.82. The van der Waals surface area contributed by atoms with Gasteiger partial charge in [0.05, 0.1) is 0 Å². The second-order valence-corrected chi connectivity index (χ2v) is 3.47. The minimum atomic E-state index is 0.772. The molecule has 1 aromatic carbocycles. The van der Waals surface area contributed by atoms with E-state index in [1.54, 1.807) is 0 Å². The standard InChI is InChI=1S/C12H13NO/c1-8-7-12(14-9(8)2)10-3-5-11(13)6-4-10/h3-7H,13H2,1-2H3. The monoisotopic (exact) mass is 187 g/mol. The van der Waals surface area contributed by atoms with Gasteiger partial charge in [0.15, 0.2) is 0 Å². The maximum absolute atomic E-state index is 5.61. The van der Waals surface area contributed by atoms with Crippen LogP contribution in [0.5, 0.6) is 0 Å². The van der Waals surface area contributed by atoms with Crippen LogP contribution in [-0.2, 0) is 0 Å². The minimum absolute atomic E-state index is 0.772. The van der Waals surface area contributed by atoms with Gasteiger partial charge in [0.25, 0.3) is 0 Å². The number of hydrogen-bond acceptors (Lipinski definition) is 2. The molecule has 0 unspecified atom stereocenters. The highest BCUT2D eigenvalue weighted by Crippen LogP contribution is 2.25. The van der Waals surface area contributed by atoms with Gasteiger partial charge in [-0.3, -0.25) is 0 Å². The highest BCUT2D eigenvalue weighted by molar-refractivity contribution is 5.61. The molecule has 0 saturated carbocycles. The lowest BCUT2D eigenvalue weighted by Gasteiger charge is -1.96. The topological polar surface area (TPSA) is 39.2 Å². The van der Waals surface area contributed by atoms with Crippen LogP contribution in [0, 0.1) is 13.8 Å². The Kier molecular flexibility index (Phi) is 2.04. The third-order valence-corrected chi connectivity index (χ3v) is 2.36. The van der Waals surface area contributed by atoms with Crippen molar-refractivity contribution in [3.63, 3.8) is 0 Å². The van der Waals surface area contributed by atoms with Crippen LogP contribution in [0.4, 0.5) is 5.69 Å². The van der Waals surface area contributed by atoms with Gasteiger partial charge in [-0.2, -0.15) is 0 Å². The molecular formula is C12H13NO. The van der Waals surface area contributed by atoms with Crippen LogP contribution in [0.25, 0.3) is 11.3 Å². The lowest BCUT2D eigenvalue weighted by molar-refractivity contribution is 0.545. The van der Waals surface area contributed by atoms with Gasteiger partial charge in [0.1, 0.15) is 11.5 Å². The molecule has 0 aliphatic carbocycles. The van der Waals surface area contributed by atoms with Crippen LogP contribution < -0.4 is 5.73 Å². The van der Waals surface area contributed by atoms with Crippen LogP contribution >= 0.6 is 0 Å². The van der Waals surface area contributed by atoms with Crippen molar-refractivity contribution in [2.45, 2.75) is 13.8 Å². The molecule has 2 N–H and O–H groups in total. The normalized spacial score (nSPS) is 10.4. The molecule has 14 heavy (non-hydrogen) atoms. The fourth-order valence-corrected chi connectivity index (χ4v) is 1.36. The van der Waals surface area contributed by atoms with Crippen LogP contribution in [0.2, 0.25) is 0 Å². The van der Waals surface area contributed by atoms with Gasteiger partial charge >= 0.3 is 0 Å². The molecule has 2 heteroatoms. The van der Waals surface area contributed by atoms with Gasteiger partial charge in [-0.15, -0.1) is 0 Å². The Bertz CT molecular complexity index is 420. The van der Waals surface area contributed by atoms with E-state index in [0.29, 0.717) is 0 Å². The maximum atomic E-state index is 5.61. The second-order valence-electron chi connectivity index (χ2n) is 3.47. The van der Waals surface area contributed by atoms with Crippen LogP contribution in [0.1, 0.15) is 11.3 Å². The Balaban J connectivity index is 2.44. The zero-order valence-corrected chi connectivity index (χ0v) is 8.37. The van der Waals surface area contributed by atoms with Gasteiger partial charge < -0.3 is 10.2 Å². The summed E-state index contributed by atoms with van der Waals surface area (Å²) in [6.45, 7) is 4.01. The average molecular weight is 187 g/mol. The number of aryl methyl sites for hydroxylation is 2. The molecule has 1 heterocycles. The highest BCUT2D eigenvalue weighted by atomic mass is 16.3. The van der Waals surface area contributed by atoms with E-state index in [0.717, 1.165) is 22.8 Å². The fraction of sp³-hybridized carbons (Fsp3) is 0.167. The number of anilines is 1. The molecule has 0 bridgehead atoms. The molecule has 0 spiro atoms. The molecule has 2 rings (SSSR count). The Hall–Kier alpha value is -1.70.